The van der Waals surface area contributed by atoms with Crippen molar-refractivity contribution in [3.63, 3.8) is 0 Å². The summed E-state index contributed by atoms with van der Waals surface area (Å²) in [6.45, 7) is 6.63. The first kappa shape index (κ1) is 27.1. The van der Waals surface area contributed by atoms with Crippen LogP contribution in [-0.2, 0) is 4.79 Å². The fourth-order valence-electron chi connectivity index (χ4n) is 2.74. The summed E-state index contributed by atoms with van der Waals surface area (Å²) in [6, 6.07) is 0. The zero-order chi connectivity index (χ0) is 21.6. The lowest BCUT2D eigenvalue weighted by molar-refractivity contribution is -0.117. The van der Waals surface area contributed by atoms with Crippen LogP contribution in [0.3, 0.4) is 0 Å². The quantitative estimate of drug-likeness (QED) is 0.164. The van der Waals surface area contributed by atoms with Crippen LogP contribution in [0.4, 0.5) is 0 Å². The second kappa shape index (κ2) is 19.4. The molecule has 29 heavy (non-hydrogen) atoms. The van der Waals surface area contributed by atoms with E-state index in [0.29, 0.717) is 13.0 Å². The molecule has 1 unspecified atom stereocenters. The van der Waals surface area contributed by atoms with Crippen LogP contribution in [-0.4, -0.2) is 23.2 Å². The van der Waals surface area contributed by atoms with Gasteiger partial charge < -0.3 is 10.4 Å². The molecule has 0 aromatic rings. The van der Waals surface area contributed by atoms with Gasteiger partial charge in [-0.1, -0.05) is 108 Å². The van der Waals surface area contributed by atoms with E-state index < -0.39 is 5.60 Å². The second-order valence-electron chi connectivity index (χ2n) is 7.50. The maximum atomic E-state index is 11.9. The molecule has 0 spiro atoms. The number of amides is 1. The summed E-state index contributed by atoms with van der Waals surface area (Å²) in [5.74, 6) is -0.166. The molecule has 0 rings (SSSR count). The molecular weight excluding hydrogens is 358 g/mol. The molecule has 0 fully saturated rings. The molecule has 2 N–H and O–H groups in total. The summed E-state index contributed by atoms with van der Waals surface area (Å²) < 4.78 is 0. The number of nitrogens with one attached hydrogen (secondary N) is 1. The van der Waals surface area contributed by atoms with E-state index in [1.807, 2.05) is 25.2 Å². The summed E-state index contributed by atoms with van der Waals surface area (Å²) in [4.78, 5) is 11.9. The van der Waals surface area contributed by atoms with E-state index in [1.165, 1.54) is 25.3 Å². The number of rotatable bonds is 17. The van der Waals surface area contributed by atoms with Gasteiger partial charge >= 0.3 is 0 Å². The van der Waals surface area contributed by atoms with Crippen molar-refractivity contribution in [3.05, 3.63) is 60.8 Å². The Morgan fingerprint density at radius 3 is 2.03 bits per heavy atom. The van der Waals surface area contributed by atoms with Crippen LogP contribution in [0.1, 0.15) is 85.0 Å². The van der Waals surface area contributed by atoms with Gasteiger partial charge in [0, 0.05) is 12.6 Å². The minimum absolute atomic E-state index is 0.166. The Bertz CT molecular complexity index is 543. The number of unbranched alkanes of at least 4 members (excludes halogenated alkanes) is 5. The molecule has 0 saturated heterocycles. The third kappa shape index (κ3) is 17.9. The van der Waals surface area contributed by atoms with Gasteiger partial charge in [-0.05, 0) is 32.1 Å². The van der Waals surface area contributed by atoms with Gasteiger partial charge in [0.25, 0.3) is 0 Å². The monoisotopic (exact) mass is 401 g/mol. The molecule has 3 nitrogen and oxygen atoms in total. The fraction of sp³-hybridized carbons (Fsp3) is 0.577. The molecule has 0 saturated carbocycles. The molecular formula is C26H43NO2. The first-order chi connectivity index (χ1) is 14.1. The van der Waals surface area contributed by atoms with E-state index in [4.69, 9.17) is 0 Å². The summed E-state index contributed by atoms with van der Waals surface area (Å²) in [5, 5.41) is 13.4. The Labute approximate surface area is 179 Å². The van der Waals surface area contributed by atoms with E-state index in [1.54, 1.807) is 6.08 Å². The number of carbonyl (C=O) groups is 1. The van der Waals surface area contributed by atoms with E-state index >= 15 is 0 Å². The van der Waals surface area contributed by atoms with Crippen LogP contribution in [0.15, 0.2) is 60.8 Å². The number of aliphatic hydroxyl groups is 1. The first-order valence-corrected chi connectivity index (χ1v) is 11.4. The lowest BCUT2D eigenvalue weighted by atomic mass is 9.93. The van der Waals surface area contributed by atoms with Crippen LogP contribution in [0.25, 0.3) is 0 Å². The van der Waals surface area contributed by atoms with Crippen LogP contribution >= 0.6 is 0 Å². The lowest BCUT2D eigenvalue weighted by Gasteiger charge is -2.26. The van der Waals surface area contributed by atoms with Crippen LogP contribution in [0, 0.1) is 0 Å². The zero-order valence-corrected chi connectivity index (χ0v) is 18.9. The van der Waals surface area contributed by atoms with Gasteiger partial charge in [-0.3, -0.25) is 4.79 Å². The predicted molar refractivity (Wildman–Crippen MR) is 127 cm³/mol. The van der Waals surface area contributed by atoms with E-state index in [2.05, 4.69) is 49.5 Å². The fourth-order valence-corrected chi connectivity index (χ4v) is 2.74. The molecule has 0 aliphatic rings. The molecule has 1 atom stereocenters. The third-order valence-electron chi connectivity index (χ3n) is 4.80. The van der Waals surface area contributed by atoms with E-state index in [9.17, 15) is 9.90 Å². The van der Waals surface area contributed by atoms with E-state index in [0.717, 1.165) is 38.5 Å². The minimum atomic E-state index is -0.796. The molecule has 1 amide bonds. The summed E-state index contributed by atoms with van der Waals surface area (Å²) >= 11 is 0. The predicted octanol–water partition coefficient (Wildman–Crippen LogP) is 6.58. The van der Waals surface area contributed by atoms with Crippen LogP contribution < -0.4 is 5.32 Å². The van der Waals surface area contributed by atoms with Gasteiger partial charge in [-0.2, -0.15) is 0 Å². The maximum absolute atomic E-state index is 11.9. The van der Waals surface area contributed by atoms with Crippen LogP contribution in [0.2, 0.25) is 0 Å². The highest BCUT2D eigenvalue weighted by atomic mass is 16.3. The van der Waals surface area contributed by atoms with E-state index in [-0.39, 0.29) is 5.91 Å². The van der Waals surface area contributed by atoms with Gasteiger partial charge in [0.1, 0.15) is 0 Å². The summed E-state index contributed by atoms with van der Waals surface area (Å²) in [6.07, 6.45) is 29.9. The highest BCUT2D eigenvalue weighted by molar-refractivity contribution is 5.87. The standard InChI is InChI=1S/C26H43NO2/c1-4-7-9-11-12-13-14-15-16-17-18-19-20-22-25(28)27-24-26(29,6-3)23-21-10-8-5-2/h9,11-13,16-20,22,29H,4-8,10,14-15,21,23-24H2,1-3H3,(H,27,28). The molecule has 0 heterocycles. The molecule has 0 aromatic carbocycles. The van der Waals surface area contributed by atoms with Crippen molar-refractivity contribution in [2.75, 3.05) is 6.54 Å². The Morgan fingerprint density at radius 1 is 0.793 bits per heavy atom. The third-order valence-corrected chi connectivity index (χ3v) is 4.80. The van der Waals surface area contributed by atoms with Crippen molar-refractivity contribution in [2.45, 2.75) is 90.6 Å². The highest BCUT2D eigenvalue weighted by Crippen LogP contribution is 2.18. The Kier molecular flexibility index (Phi) is 18.2. The Hall–Kier alpha value is -1.87. The van der Waals surface area contributed by atoms with Gasteiger partial charge in [-0.25, -0.2) is 0 Å². The summed E-state index contributed by atoms with van der Waals surface area (Å²) in [5.41, 5.74) is -0.796. The minimum Gasteiger partial charge on any atom is -0.388 e. The second-order valence-corrected chi connectivity index (χ2v) is 7.50. The Morgan fingerprint density at radius 2 is 1.41 bits per heavy atom. The van der Waals surface area contributed by atoms with Crippen molar-refractivity contribution >= 4 is 5.91 Å². The maximum Gasteiger partial charge on any atom is 0.244 e. The highest BCUT2D eigenvalue weighted by Gasteiger charge is 2.24. The average molecular weight is 402 g/mol. The molecule has 0 radical (unpaired) electrons. The molecule has 0 bridgehead atoms. The number of carbonyl (C=O) groups excluding carboxylic acids is 1. The number of hydrogen-bond acceptors (Lipinski definition) is 2. The van der Waals surface area contributed by atoms with Crippen molar-refractivity contribution < 1.29 is 9.90 Å². The van der Waals surface area contributed by atoms with Crippen LogP contribution in [0.5, 0.6) is 0 Å². The smallest absolute Gasteiger partial charge is 0.244 e. The SMILES string of the molecule is CCCC=CC=CCCC=CC=CC=CC(=O)NCC(O)(CC)CCCCCC. The van der Waals surface area contributed by atoms with Crippen molar-refractivity contribution in [3.8, 4) is 0 Å². The van der Waals surface area contributed by atoms with Gasteiger partial charge in [-0.15, -0.1) is 0 Å². The van der Waals surface area contributed by atoms with Crippen molar-refractivity contribution in [1.29, 1.82) is 0 Å². The zero-order valence-electron chi connectivity index (χ0n) is 18.9. The average Bonchev–Trinajstić information content (AvgIpc) is 2.73. The van der Waals surface area contributed by atoms with Crippen molar-refractivity contribution in [2.24, 2.45) is 0 Å². The number of allylic oxidation sites excluding steroid dienone is 9. The molecule has 0 aliphatic heterocycles. The lowest BCUT2D eigenvalue weighted by Crippen LogP contribution is -2.42. The van der Waals surface area contributed by atoms with Gasteiger partial charge in [0.2, 0.25) is 5.91 Å². The topological polar surface area (TPSA) is 49.3 Å². The van der Waals surface area contributed by atoms with Gasteiger partial charge in [0.05, 0.1) is 5.60 Å². The Balaban J connectivity index is 4.00. The molecule has 164 valence electrons. The van der Waals surface area contributed by atoms with Gasteiger partial charge in [0.15, 0.2) is 0 Å². The largest absolute Gasteiger partial charge is 0.388 e. The first-order valence-electron chi connectivity index (χ1n) is 11.4. The molecule has 0 aromatic heterocycles. The summed E-state index contributed by atoms with van der Waals surface area (Å²) in [7, 11) is 0. The normalized spacial score (nSPS) is 14.8. The molecule has 3 heteroatoms. The number of hydrogen-bond donors (Lipinski definition) is 2. The van der Waals surface area contributed by atoms with Crippen molar-refractivity contribution in [1.82, 2.24) is 5.32 Å². The molecule has 0 aliphatic carbocycles.